The van der Waals surface area contributed by atoms with Gasteiger partial charge in [-0.25, -0.2) is 4.98 Å². The number of nitrogens with zero attached hydrogens (tertiary/aromatic N) is 2. The number of amides is 1. The van der Waals surface area contributed by atoms with E-state index in [9.17, 15) is 4.79 Å². The van der Waals surface area contributed by atoms with Crippen LogP contribution in [-0.4, -0.2) is 37.6 Å². The van der Waals surface area contributed by atoms with E-state index < -0.39 is 0 Å². The Morgan fingerprint density at radius 1 is 1.10 bits per heavy atom. The van der Waals surface area contributed by atoms with Gasteiger partial charge in [-0.3, -0.25) is 4.79 Å². The lowest BCUT2D eigenvalue weighted by Gasteiger charge is -2.34. The molecular formula is C24H26N4O2. The molecule has 154 valence electrons. The molecule has 1 aromatic heterocycles. The van der Waals surface area contributed by atoms with Crippen molar-refractivity contribution in [2.45, 2.75) is 12.6 Å². The van der Waals surface area contributed by atoms with E-state index in [1.54, 1.807) is 13.2 Å². The van der Waals surface area contributed by atoms with Crippen LogP contribution in [0.3, 0.4) is 0 Å². The smallest absolute Gasteiger partial charge is 0.270 e. The van der Waals surface area contributed by atoms with Crippen molar-refractivity contribution in [3.05, 3.63) is 89.6 Å². The van der Waals surface area contributed by atoms with Crippen LogP contribution in [0, 0.1) is 0 Å². The predicted octanol–water partition coefficient (Wildman–Crippen LogP) is 3.17. The number of rotatable bonds is 6. The summed E-state index contributed by atoms with van der Waals surface area (Å²) in [6, 6.07) is 23.9. The molecule has 0 spiro atoms. The first kappa shape index (κ1) is 19.9. The Kier molecular flexibility index (Phi) is 6.25. The molecular weight excluding hydrogens is 376 g/mol. The van der Waals surface area contributed by atoms with Crippen LogP contribution in [0.5, 0.6) is 5.75 Å². The van der Waals surface area contributed by atoms with Crippen molar-refractivity contribution >= 4 is 11.7 Å². The normalized spacial score (nSPS) is 16.2. The van der Waals surface area contributed by atoms with Gasteiger partial charge >= 0.3 is 0 Å². The Morgan fingerprint density at radius 3 is 2.67 bits per heavy atom. The van der Waals surface area contributed by atoms with Gasteiger partial charge in [0.25, 0.3) is 5.91 Å². The van der Waals surface area contributed by atoms with E-state index >= 15 is 0 Å². The van der Waals surface area contributed by atoms with Gasteiger partial charge in [0.05, 0.1) is 7.11 Å². The number of methoxy groups -OCH3 is 1. The van der Waals surface area contributed by atoms with Crippen molar-refractivity contribution in [1.82, 2.24) is 15.6 Å². The lowest BCUT2D eigenvalue weighted by molar-refractivity contribution is 0.0946. The van der Waals surface area contributed by atoms with Crippen LogP contribution in [0.2, 0.25) is 0 Å². The standard InChI is InChI=1S/C24H26N4O2/c1-30-20-12-10-18(11-13-20)16-26-24(29)21-8-5-9-23(27-21)28-15-14-25-22(17-28)19-6-3-2-4-7-19/h2-13,22,25H,14-17H2,1H3,(H,26,29)/t22-/m0/s1. The zero-order valence-electron chi connectivity index (χ0n) is 17.0. The van der Waals surface area contributed by atoms with Crippen LogP contribution in [0.25, 0.3) is 0 Å². The van der Waals surface area contributed by atoms with Gasteiger partial charge in [0.1, 0.15) is 17.3 Å². The fourth-order valence-electron chi connectivity index (χ4n) is 3.61. The second-order valence-corrected chi connectivity index (χ2v) is 7.28. The second kappa shape index (κ2) is 9.41. The molecule has 4 rings (SSSR count). The number of hydrogen-bond acceptors (Lipinski definition) is 5. The Morgan fingerprint density at radius 2 is 1.90 bits per heavy atom. The highest BCUT2D eigenvalue weighted by atomic mass is 16.5. The van der Waals surface area contributed by atoms with E-state index in [1.165, 1.54) is 5.56 Å². The lowest BCUT2D eigenvalue weighted by atomic mass is 10.0. The monoisotopic (exact) mass is 402 g/mol. The van der Waals surface area contributed by atoms with E-state index in [0.717, 1.165) is 36.8 Å². The quantitative estimate of drug-likeness (QED) is 0.663. The molecule has 2 N–H and O–H groups in total. The average molecular weight is 402 g/mol. The maximum Gasteiger partial charge on any atom is 0.270 e. The SMILES string of the molecule is COc1ccc(CNC(=O)c2cccc(N3CCN[C@H](c4ccccc4)C3)n2)cc1. The highest BCUT2D eigenvalue weighted by molar-refractivity contribution is 5.92. The largest absolute Gasteiger partial charge is 0.497 e. The molecule has 6 heteroatoms. The maximum absolute atomic E-state index is 12.6. The zero-order valence-corrected chi connectivity index (χ0v) is 17.0. The third-order valence-electron chi connectivity index (χ3n) is 5.28. The van der Waals surface area contributed by atoms with Crippen LogP contribution in [0.15, 0.2) is 72.8 Å². The molecule has 0 unspecified atom stereocenters. The summed E-state index contributed by atoms with van der Waals surface area (Å²) in [4.78, 5) is 19.5. The summed E-state index contributed by atoms with van der Waals surface area (Å²) in [6.07, 6.45) is 0. The van der Waals surface area contributed by atoms with Gasteiger partial charge < -0.3 is 20.3 Å². The van der Waals surface area contributed by atoms with Gasteiger partial charge in [0, 0.05) is 32.2 Å². The number of piperazine rings is 1. The minimum atomic E-state index is -0.178. The number of anilines is 1. The van der Waals surface area contributed by atoms with Gasteiger partial charge in [-0.1, -0.05) is 48.5 Å². The molecule has 1 amide bonds. The van der Waals surface area contributed by atoms with Gasteiger partial charge in [0.2, 0.25) is 0 Å². The molecule has 6 nitrogen and oxygen atoms in total. The molecule has 0 bridgehead atoms. The summed E-state index contributed by atoms with van der Waals surface area (Å²) in [5.74, 6) is 1.45. The number of carbonyl (C=O) groups excluding carboxylic acids is 1. The molecule has 0 aliphatic carbocycles. The van der Waals surface area contributed by atoms with Crippen LogP contribution in [0.4, 0.5) is 5.82 Å². The van der Waals surface area contributed by atoms with Crippen molar-refractivity contribution < 1.29 is 9.53 Å². The summed E-state index contributed by atoms with van der Waals surface area (Å²) in [5, 5.41) is 6.51. The Balaban J connectivity index is 1.40. The molecule has 2 heterocycles. The minimum Gasteiger partial charge on any atom is -0.497 e. The lowest BCUT2D eigenvalue weighted by Crippen LogP contribution is -2.46. The molecule has 30 heavy (non-hydrogen) atoms. The van der Waals surface area contributed by atoms with E-state index in [-0.39, 0.29) is 11.9 Å². The minimum absolute atomic E-state index is 0.178. The number of aromatic nitrogens is 1. The molecule has 2 aromatic carbocycles. The second-order valence-electron chi connectivity index (χ2n) is 7.28. The predicted molar refractivity (Wildman–Crippen MR) is 118 cm³/mol. The Hall–Kier alpha value is -3.38. The Labute approximate surface area is 176 Å². The van der Waals surface area contributed by atoms with Crippen molar-refractivity contribution in [1.29, 1.82) is 0 Å². The van der Waals surface area contributed by atoms with E-state index in [2.05, 4.69) is 44.8 Å². The summed E-state index contributed by atoms with van der Waals surface area (Å²) in [6.45, 7) is 2.98. The van der Waals surface area contributed by atoms with Crippen molar-refractivity contribution in [2.24, 2.45) is 0 Å². The first-order valence-corrected chi connectivity index (χ1v) is 10.1. The fraction of sp³-hybridized carbons (Fsp3) is 0.250. The van der Waals surface area contributed by atoms with E-state index in [4.69, 9.17) is 4.74 Å². The summed E-state index contributed by atoms with van der Waals surface area (Å²) < 4.78 is 5.16. The summed E-state index contributed by atoms with van der Waals surface area (Å²) in [7, 11) is 1.63. The third-order valence-corrected chi connectivity index (χ3v) is 5.28. The molecule has 3 aromatic rings. The fourth-order valence-corrected chi connectivity index (χ4v) is 3.61. The number of benzene rings is 2. The Bertz CT molecular complexity index is 976. The highest BCUT2D eigenvalue weighted by Gasteiger charge is 2.22. The van der Waals surface area contributed by atoms with Crippen molar-refractivity contribution in [3.63, 3.8) is 0 Å². The average Bonchev–Trinajstić information content (AvgIpc) is 2.83. The number of hydrogen-bond donors (Lipinski definition) is 2. The van der Waals surface area contributed by atoms with E-state index in [1.807, 2.05) is 42.5 Å². The van der Waals surface area contributed by atoms with Gasteiger partial charge in [-0.05, 0) is 35.4 Å². The number of nitrogens with one attached hydrogen (secondary N) is 2. The first-order chi connectivity index (χ1) is 14.7. The van der Waals surface area contributed by atoms with Crippen molar-refractivity contribution in [3.8, 4) is 5.75 Å². The van der Waals surface area contributed by atoms with E-state index in [0.29, 0.717) is 12.2 Å². The van der Waals surface area contributed by atoms with Crippen LogP contribution >= 0.6 is 0 Å². The molecule has 1 saturated heterocycles. The third kappa shape index (κ3) is 4.78. The van der Waals surface area contributed by atoms with Gasteiger partial charge in [-0.15, -0.1) is 0 Å². The molecule has 1 aliphatic rings. The number of carbonyl (C=O) groups is 1. The first-order valence-electron chi connectivity index (χ1n) is 10.1. The molecule has 1 fully saturated rings. The number of pyridine rings is 1. The molecule has 0 radical (unpaired) electrons. The maximum atomic E-state index is 12.6. The zero-order chi connectivity index (χ0) is 20.8. The van der Waals surface area contributed by atoms with Crippen LogP contribution < -0.4 is 20.3 Å². The topological polar surface area (TPSA) is 66.5 Å². The van der Waals surface area contributed by atoms with Gasteiger partial charge in [-0.2, -0.15) is 0 Å². The summed E-state index contributed by atoms with van der Waals surface area (Å²) in [5.41, 5.74) is 2.69. The van der Waals surface area contributed by atoms with Gasteiger partial charge in [0.15, 0.2) is 0 Å². The molecule has 1 atom stereocenters. The summed E-state index contributed by atoms with van der Waals surface area (Å²) >= 11 is 0. The van der Waals surface area contributed by atoms with Crippen molar-refractivity contribution in [2.75, 3.05) is 31.6 Å². The highest BCUT2D eigenvalue weighted by Crippen LogP contribution is 2.21. The molecule has 0 saturated carbocycles. The molecule has 1 aliphatic heterocycles. The van der Waals surface area contributed by atoms with Crippen LogP contribution in [-0.2, 0) is 6.54 Å². The number of ether oxygens (including phenoxy) is 1. The van der Waals surface area contributed by atoms with Crippen LogP contribution in [0.1, 0.15) is 27.7 Å².